The molecule has 1 atom stereocenters. The van der Waals surface area contributed by atoms with Crippen molar-refractivity contribution in [3.8, 4) is 0 Å². The number of rotatable bonds is 4. The van der Waals surface area contributed by atoms with E-state index in [4.69, 9.17) is 9.84 Å². The number of benzene rings is 1. The summed E-state index contributed by atoms with van der Waals surface area (Å²) in [7, 11) is 0. The van der Waals surface area contributed by atoms with Gasteiger partial charge in [0.05, 0.1) is 13.2 Å². The highest BCUT2D eigenvalue weighted by Gasteiger charge is 2.29. The van der Waals surface area contributed by atoms with Crippen molar-refractivity contribution in [1.29, 1.82) is 0 Å². The van der Waals surface area contributed by atoms with Crippen LogP contribution in [0, 0.1) is 0 Å². The molecule has 8 heteroatoms. The highest BCUT2D eigenvalue weighted by molar-refractivity contribution is 7.99. The summed E-state index contributed by atoms with van der Waals surface area (Å²) in [4.78, 5) is 24.8. The average molecular weight is 317 g/mol. The van der Waals surface area contributed by atoms with E-state index < -0.39 is 17.8 Å². The average Bonchev–Trinajstić information content (AvgIpc) is 2.47. The summed E-state index contributed by atoms with van der Waals surface area (Å²) >= 11 is 0.403. The predicted octanol–water partition coefficient (Wildman–Crippen LogP) is 1.93. The Labute approximate surface area is 123 Å². The molecule has 0 aliphatic carbocycles. The molecule has 21 heavy (non-hydrogen) atoms. The topological polar surface area (TPSA) is 66.8 Å². The molecule has 0 bridgehead atoms. The van der Waals surface area contributed by atoms with Gasteiger partial charge in [0.2, 0.25) is 0 Å². The first kappa shape index (κ1) is 15.7. The van der Waals surface area contributed by atoms with Crippen LogP contribution < -0.4 is 0 Å². The highest BCUT2D eigenvalue weighted by Crippen LogP contribution is 2.25. The summed E-state index contributed by atoms with van der Waals surface area (Å²) in [6, 6.07) is 5.80. The normalized spacial score (nSPS) is 18.8. The lowest BCUT2D eigenvalue weighted by molar-refractivity contribution is -0.154. The molecule has 1 saturated heterocycles. The van der Waals surface area contributed by atoms with E-state index in [1.165, 1.54) is 29.2 Å². The number of alkyl halides is 2. The van der Waals surface area contributed by atoms with Crippen LogP contribution in [0.4, 0.5) is 8.78 Å². The van der Waals surface area contributed by atoms with Crippen LogP contribution in [0.3, 0.4) is 0 Å². The van der Waals surface area contributed by atoms with E-state index in [2.05, 4.69) is 0 Å². The van der Waals surface area contributed by atoms with E-state index in [1.54, 1.807) is 0 Å². The van der Waals surface area contributed by atoms with Gasteiger partial charge in [-0.3, -0.25) is 4.79 Å². The van der Waals surface area contributed by atoms with E-state index in [9.17, 15) is 18.4 Å². The molecule has 1 N–H and O–H groups in total. The Morgan fingerprint density at radius 1 is 1.33 bits per heavy atom. The number of aliphatic carboxylic acids is 1. The second kappa shape index (κ2) is 6.86. The van der Waals surface area contributed by atoms with Crippen molar-refractivity contribution >= 4 is 23.6 Å². The molecular weight excluding hydrogens is 304 g/mol. The molecule has 1 heterocycles. The Morgan fingerprint density at radius 3 is 2.57 bits per heavy atom. The molecule has 0 radical (unpaired) electrons. The Balaban J connectivity index is 2.03. The molecule has 114 valence electrons. The van der Waals surface area contributed by atoms with Gasteiger partial charge in [-0.15, -0.1) is 0 Å². The van der Waals surface area contributed by atoms with Gasteiger partial charge in [0.1, 0.15) is 0 Å². The number of nitrogens with zero attached hydrogens (tertiary/aromatic N) is 1. The SMILES string of the molecule is O=C(O)C1CN(C(=O)c2ccc(SC(F)F)cc2)CCO1. The summed E-state index contributed by atoms with van der Waals surface area (Å²) < 4.78 is 29.5. The van der Waals surface area contributed by atoms with E-state index in [1.807, 2.05) is 0 Å². The van der Waals surface area contributed by atoms with Crippen molar-refractivity contribution in [3.63, 3.8) is 0 Å². The van der Waals surface area contributed by atoms with Gasteiger partial charge in [-0.2, -0.15) is 8.78 Å². The van der Waals surface area contributed by atoms with Crippen LogP contribution in [0.1, 0.15) is 10.4 Å². The van der Waals surface area contributed by atoms with E-state index >= 15 is 0 Å². The van der Waals surface area contributed by atoms with Crippen LogP contribution in [-0.4, -0.2) is 53.4 Å². The summed E-state index contributed by atoms with van der Waals surface area (Å²) in [5.41, 5.74) is 0.333. The van der Waals surface area contributed by atoms with E-state index in [-0.39, 0.29) is 19.1 Å². The number of morpholine rings is 1. The zero-order chi connectivity index (χ0) is 15.4. The quantitative estimate of drug-likeness (QED) is 0.860. The van der Waals surface area contributed by atoms with Crippen LogP contribution in [0.25, 0.3) is 0 Å². The van der Waals surface area contributed by atoms with Gasteiger partial charge < -0.3 is 14.7 Å². The fraction of sp³-hybridized carbons (Fsp3) is 0.385. The third kappa shape index (κ3) is 4.15. The number of carboxylic acid groups (broad SMARTS) is 1. The van der Waals surface area contributed by atoms with Crippen LogP contribution in [0.2, 0.25) is 0 Å². The number of hydrogen-bond acceptors (Lipinski definition) is 4. The van der Waals surface area contributed by atoms with Crippen molar-refractivity contribution in [3.05, 3.63) is 29.8 Å². The number of thioether (sulfide) groups is 1. The van der Waals surface area contributed by atoms with E-state index in [0.29, 0.717) is 28.8 Å². The fourth-order valence-corrected chi connectivity index (χ4v) is 2.44. The second-order valence-corrected chi connectivity index (χ2v) is 5.42. The van der Waals surface area contributed by atoms with Crippen LogP contribution >= 0.6 is 11.8 Å². The lowest BCUT2D eigenvalue weighted by Gasteiger charge is -2.30. The van der Waals surface area contributed by atoms with E-state index in [0.717, 1.165) is 0 Å². The van der Waals surface area contributed by atoms with Gasteiger partial charge in [-0.05, 0) is 24.3 Å². The minimum Gasteiger partial charge on any atom is -0.479 e. The molecule has 1 aliphatic rings. The van der Waals surface area contributed by atoms with Gasteiger partial charge in [-0.25, -0.2) is 4.79 Å². The molecule has 1 amide bonds. The molecule has 0 spiro atoms. The monoisotopic (exact) mass is 317 g/mol. The molecule has 1 aliphatic heterocycles. The number of hydrogen-bond donors (Lipinski definition) is 1. The third-order valence-electron chi connectivity index (χ3n) is 2.96. The van der Waals surface area contributed by atoms with Gasteiger partial charge in [0.25, 0.3) is 11.7 Å². The van der Waals surface area contributed by atoms with Gasteiger partial charge in [0.15, 0.2) is 6.10 Å². The fourth-order valence-electron chi connectivity index (χ4n) is 1.94. The molecule has 1 aromatic rings. The zero-order valence-corrected chi connectivity index (χ0v) is 11.7. The summed E-state index contributed by atoms with van der Waals surface area (Å²) in [6.45, 7) is 0.430. The smallest absolute Gasteiger partial charge is 0.334 e. The first-order valence-corrected chi connectivity index (χ1v) is 7.04. The maximum Gasteiger partial charge on any atom is 0.334 e. The van der Waals surface area contributed by atoms with Crippen LogP contribution in [-0.2, 0) is 9.53 Å². The van der Waals surface area contributed by atoms with Crippen molar-refractivity contribution in [2.24, 2.45) is 0 Å². The molecule has 1 fully saturated rings. The standard InChI is InChI=1S/C13H13F2NO4S/c14-13(15)21-9-3-1-8(2-4-9)11(17)16-5-6-20-10(7-16)12(18)19/h1-4,10,13H,5-7H2,(H,18,19). The molecule has 0 saturated carbocycles. The molecule has 1 unspecified atom stereocenters. The van der Waals surface area contributed by atoms with Crippen LogP contribution in [0.5, 0.6) is 0 Å². The number of amides is 1. The first-order chi connectivity index (χ1) is 9.97. The van der Waals surface area contributed by atoms with Gasteiger partial charge in [-0.1, -0.05) is 11.8 Å². The Bertz CT molecular complexity index is 523. The molecule has 0 aromatic heterocycles. The van der Waals surface area contributed by atoms with Gasteiger partial charge in [0, 0.05) is 17.0 Å². The Kier molecular flexibility index (Phi) is 5.13. The number of ether oxygens (including phenoxy) is 1. The van der Waals surface area contributed by atoms with Crippen molar-refractivity contribution < 1.29 is 28.2 Å². The van der Waals surface area contributed by atoms with Crippen molar-refractivity contribution in [2.75, 3.05) is 19.7 Å². The van der Waals surface area contributed by atoms with Gasteiger partial charge >= 0.3 is 5.97 Å². The largest absolute Gasteiger partial charge is 0.479 e. The Hall–Kier alpha value is -1.67. The van der Waals surface area contributed by atoms with Crippen molar-refractivity contribution in [2.45, 2.75) is 16.8 Å². The minimum absolute atomic E-state index is 0.0261. The summed E-state index contributed by atoms with van der Waals surface area (Å²) in [5, 5.41) is 8.89. The lowest BCUT2D eigenvalue weighted by Crippen LogP contribution is -2.48. The molecule has 2 rings (SSSR count). The number of halogens is 2. The number of carbonyl (C=O) groups is 2. The summed E-state index contributed by atoms with van der Waals surface area (Å²) in [5.74, 6) is -3.96. The maximum atomic E-state index is 12.2. The summed E-state index contributed by atoms with van der Waals surface area (Å²) in [6.07, 6.45) is -1.03. The predicted molar refractivity (Wildman–Crippen MR) is 71.6 cm³/mol. The molecular formula is C13H13F2NO4S. The zero-order valence-electron chi connectivity index (χ0n) is 10.9. The first-order valence-electron chi connectivity index (χ1n) is 6.16. The van der Waals surface area contributed by atoms with Crippen molar-refractivity contribution in [1.82, 2.24) is 4.90 Å². The second-order valence-electron chi connectivity index (χ2n) is 4.35. The number of carboxylic acids is 1. The molecule has 5 nitrogen and oxygen atoms in total. The van der Waals surface area contributed by atoms with Crippen LogP contribution in [0.15, 0.2) is 29.2 Å². The third-order valence-corrected chi connectivity index (χ3v) is 3.68. The highest BCUT2D eigenvalue weighted by atomic mass is 32.2. The molecule has 1 aromatic carbocycles. The lowest BCUT2D eigenvalue weighted by atomic mass is 10.1. The minimum atomic E-state index is -2.51. The number of carbonyl (C=O) groups excluding carboxylic acids is 1. The Morgan fingerprint density at radius 2 is 2.00 bits per heavy atom. The maximum absolute atomic E-state index is 12.2.